The summed E-state index contributed by atoms with van der Waals surface area (Å²) in [6.45, 7) is 23.1. The lowest BCUT2D eigenvalue weighted by atomic mass is 9.87. The fourth-order valence-corrected chi connectivity index (χ4v) is 4.06. The number of ether oxygens (including phenoxy) is 2. The van der Waals surface area contributed by atoms with Gasteiger partial charge in [0.1, 0.15) is 11.4 Å². The van der Waals surface area contributed by atoms with Crippen molar-refractivity contribution in [3.63, 3.8) is 0 Å². The molecule has 184 valence electrons. The first-order valence-corrected chi connectivity index (χ1v) is 11.8. The molecule has 0 amide bonds. The number of benzene rings is 2. The average Bonchev–Trinajstić information content (AvgIpc) is 2.71. The van der Waals surface area contributed by atoms with Crippen molar-refractivity contribution in [2.75, 3.05) is 0 Å². The molecule has 0 saturated carbocycles. The monoisotopic (exact) mass is 464 g/mol. The summed E-state index contributed by atoms with van der Waals surface area (Å²) in [5.41, 5.74) is 7.39. The van der Waals surface area contributed by atoms with Crippen LogP contribution in [0, 0.1) is 48.5 Å². The lowest BCUT2D eigenvalue weighted by Gasteiger charge is -2.30. The average molecular weight is 465 g/mol. The molecule has 0 aliphatic heterocycles. The molecular formula is C30H40O4. The summed E-state index contributed by atoms with van der Waals surface area (Å²) < 4.78 is 11.6. The molecule has 2 rings (SSSR count). The fourth-order valence-electron chi connectivity index (χ4n) is 4.06. The zero-order valence-electron chi connectivity index (χ0n) is 22.9. The van der Waals surface area contributed by atoms with Crippen molar-refractivity contribution in [3.8, 4) is 5.75 Å². The molecule has 2 aromatic rings. The Morgan fingerprint density at radius 1 is 0.735 bits per heavy atom. The highest BCUT2D eigenvalue weighted by molar-refractivity contribution is 6.09. The zero-order valence-corrected chi connectivity index (χ0v) is 22.9. The van der Waals surface area contributed by atoms with Gasteiger partial charge < -0.3 is 9.47 Å². The Morgan fingerprint density at radius 3 is 1.62 bits per heavy atom. The van der Waals surface area contributed by atoms with E-state index in [2.05, 4.69) is 20.8 Å². The Hall–Kier alpha value is -2.88. The van der Waals surface area contributed by atoms with Gasteiger partial charge in [-0.3, -0.25) is 4.79 Å². The second kappa shape index (κ2) is 9.77. The SMILES string of the molecule is Cc1cc(/C=C/C(=O)c2c(C)c(C)c(C)c(C)c2C)cc(C)c1OC(C)(C)C(=O)OC(C)(C)C. The van der Waals surface area contributed by atoms with Crippen LogP contribution in [-0.4, -0.2) is 23.0 Å². The minimum atomic E-state index is -1.13. The fraction of sp³-hybridized carbons (Fsp3) is 0.467. The Bertz CT molecular complexity index is 1110. The van der Waals surface area contributed by atoms with Crippen LogP contribution in [0.15, 0.2) is 18.2 Å². The highest BCUT2D eigenvalue weighted by Gasteiger charge is 2.35. The van der Waals surface area contributed by atoms with E-state index in [9.17, 15) is 9.59 Å². The van der Waals surface area contributed by atoms with Crippen molar-refractivity contribution >= 4 is 17.8 Å². The van der Waals surface area contributed by atoms with Crippen LogP contribution in [0.25, 0.3) is 6.08 Å². The van der Waals surface area contributed by atoms with E-state index in [0.717, 1.165) is 33.4 Å². The Labute approximate surface area is 205 Å². The number of hydrogen-bond acceptors (Lipinski definition) is 4. The molecule has 0 aromatic heterocycles. The van der Waals surface area contributed by atoms with Crippen molar-refractivity contribution < 1.29 is 19.1 Å². The van der Waals surface area contributed by atoms with Crippen molar-refractivity contribution in [2.24, 2.45) is 0 Å². The smallest absolute Gasteiger partial charge is 0.350 e. The van der Waals surface area contributed by atoms with E-state index in [1.807, 2.05) is 66.7 Å². The molecular weight excluding hydrogens is 424 g/mol. The number of ketones is 1. The second-order valence-corrected chi connectivity index (χ2v) is 10.8. The number of allylic oxidation sites excluding steroid dienone is 1. The summed E-state index contributed by atoms with van der Waals surface area (Å²) in [6.07, 6.45) is 3.48. The van der Waals surface area contributed by atoms with Crippen LogP contribution in [0.5, 0.6) is 5.75 Å². The third-order valence-electron chi connectivity index (χ3n) is 6.40. The largest absolute Gasteiger partial charge is 0.476 e. The van der Waals surface area contributed by atoms with Gasteiger partial charge in [-0.15, -0.1) is 0 Å². The van der Waals surface area contributed by atoms with Crippen LogP contribution in [0.3, 0.4) is 0 Å². The summed E-state index contributed by atoms with van der Waals surface area (Å²) in [5, 5.41) is 0. The second-order valence-electron chi connectivity index (χ2n) is 10.8. The quantitative estimate of drug-likeness (QED) is 0.257. The number of carbonyl (C=O) groups is 2. The van der Waals surface area contributed by atoms with E-state index in [-0.39, 0.29) is 5.78 Å². The normalized spacial score (nSPS) is 12.2. The van der Waals surface area contributed by atoms with Gasteiger partial charge in [0.05, 0.1) is 0 Å². The number of rotatable bonds is 6. The lowest BCUT2D eigenvalue weighted by Crippen LogP contribution is -2.43. The van der Waals surface area contributed by atoms with E-state index < -0.39 is 17.2 Å². The molecule has 4 nitrogen and oxygen atoms in total. The van der Waals surface area contributed by atoms with Crippen LogP contribution in [0.2, 0.25) is 0 Å². The predicted molar refractivity (Wildman–Crippen MR) is 140 cm³/mol. The third-order valence-corrected chi connectivity index (χ3v) is 6.40. The number of esters is 1. The van der Waals surface area contributed by atoms with Crippen molar-refractivity contribution in [1.29, 1.82) is 0 Å². The highest BCUT2D eigenvalue weighted by atomic mass is 16.6. The summed E-state index contributed by atoms with van der Waals surface area (Å²) in [6, 6.07) is 3.92. The molecule has 0 aliphatic rings. The van der Waals surface area contributed by atoms with Crippen LogP contribution in [0.1, 0.15) is 89.5 Å². The van der Waals surface area contributed by atoms with Gasteiger partial charge in [0.25, 0.3) is 0 Å². The summed E-state index contributed by atoms with van der Waals surface area (Å²) in [4.78, 5) is 25.7. The first-order valence-electron chi connectivity index (χ1n) is 11.8. The Balaban J connectivity index is 2.33. The molecule has 0 radical (unpaired) electrons. The summed E-state index contributed by atoms with van der Waals surface area (Å²) in [7, 11) is 0. The zero-order chi connectivity index (χ0) is 26.2. The van der Waals surface area contributed by atoms with Crippen LogP contribution >= 0.6 is 0 Å². The predicted octanol–water partition coefficient (Wildman–Crippen LogP) is 7.24. The van der Waals surface area contributed by atoms with Crippen molar-refractivity contribution in [3.05, 3.63) is 68.3 Å². The molecule has 0 saturated heterocycles. The summed E-state index contributed by atoms with van der Waals surface area (Å²) >= 11 is 0. The highest BCUT2D eigenvalue weighted by Crippen LogP contribution is 2.31. The van der Waals surface area contributed by atoms with E-state index >= 15 is 0 Å². The molecule has 0 heterocycles. The molecule has 0 N–H and O–H groups in total. The van der Waals surface area contributed by atoms with Gasteiger partial charge in [0, 0.05) is 5.56 Å². The molecule has 0 aliphatic carbocycles. The summed E-state index contributed by atoms with van der Waals surface area (Å²) in [5.74, 6) is 0.237. The van der Waals surface area contributed by atoms with Gasteiger partial charge in [-0.2, -0.15) is 0 Å². The molecule has 2 aromatic carbocycles. The van der Waals surface area contributed by atoms with Gasteiger partial charge >= 0.3 is 5.97 Å². The Morgan fingerprint density at radius 2 is 1.18 bits per heavy atom. The maximum atomic E-state index is 13.1. The molecule has 0 atom stereocenters. The van der Waals surface area contributed by atoms with Gasteiger partial charge in [0.2, 0.25) is 0 Å². The third kappa shape index (κ3) is 5.97. The Kier molecular flexibility index (Phi) is 7.87. The number of hydrogen-bond donors (Lipinski definition) is 0. The topological polar surface area (TPSA) is 52.6 Å². The van der Waals surface area contributed by atoms with Crippen molar-refractivity contribution in [2.45, 2.75) is 94.3 Å². The first kappa shape index (κ1) is 27.4. The number of carbonyl (C=O) groups excluding carboxylic acids is 2. The number of aryl methyl sites for hydroxylation is 2. The van der Waals surface area contributed by atoms with E-state index in [0.29, 0.717) is 5.75 Å². The molecule has 0 spiro atoms. The van der Waals surface area contributed by atoms with Crippen molar-refractivity contribution in [1.82, 2.24) is 0 Å². The van der Waals surface area contributed by atoms with Crippen LogP contribution in [0.4, 0.5) is 0 Å². The molecule has 0 unspecified atom stereocenters. The van der Waals surface area contributed by atoms with E-state index in [1.165, 1.54) is 16.7 Å². The van der Waals surface area contributed by atoms with Gasteiger partial charge in [-0.1, -0.05) is 6.08 Å². The maximum Gasteiger partial charge on any atom is 0.350 e. The van der Waals surface area contributed by atoms with Crippen LogP contribution < -0.4 is 4.74 Å². The van der Waals surface area contributed by atoms with Crippen LogP contribution in [-0.2, 0) is 9.53 Å². The minimum absolute atomic E-state index is 0.00268. The molecule has 34 heavy (non-hydrogen) atoms. The molecule has 4 heteroatoms. The van der Waals surface area contributed by atoms with Gasteiger partial charge in [0.15, 0.2) is 11.4 Å². The molecule has 0 fully saturated rings. The maximum absolute atomic E-state index is 13.1. The van der Waals surface area contributed by atoms with Gasteiger partial charge in [-0.05, 0) is 146 Å². The first-order chi connectivity index (χ1) is 15.5. The van der Waals surface area contributed by atoms with Gasteiger partial charge in [-0.25, -0.2) is 4.79 Å². The minimum Gasteiger partial charge on any atom is -0.476 e. The van der Waals surface area contributed by atoms with E-state index in [4.69, 9.17) is 9.47 Å². The molecule has 0 bridgehead atoms. The van der Waals surface area contributed by atoms with E-state index in [1.54, 1.807) is 19.9 Å². The lowest BCUT2D eigenvalue weighted by molar-refractivity contribution is -0.171. The standard InChI is InChI=1S/C30H40O4/c1-17-15-24(13-14-25(31)26-22(6)20(4)19(3)21(5)23(26)7)16-18(2)27(17)33-30(11,12)28(32)34-29(8,9)10/h13-16H,1-12H3/b14-13+.